The van der Waals surface area contributed by atoms with Crippen molar-refractivity contribution in [2.24, 2.45) is 9.98 Å². The number of aliphatic hydroxyl groups excluding tert-OH is 3. The third-order valence-corrected chi connectivity index (χ3v) is 9.15. The molecule has 3 aliphatic heterocycles. The largest absolute Gasteiger partial charge is 0.507 e. The molecule has 0 radical (unpaired) electrons. The highest BCUT2D eigenvalue weighted by atomic mass is 16.7. The van der Waals surface area contributed by atoms with E-state index in [4.69, 9.17) is 23.7 Å². The number of carboxylic acid groups (broad SMARTS) is 1. The van der Waals surface area contributed by atoms with Gasteiger partial charge in [0.05, 0.1) is 6.54 Å². The van der Waals surface area contributed by atoms with Crippen LogP contribution >= 0.6 is 0 Å². The highest BCUT2D eigenvalue weighted by Crippen LogP contribution is 2.52. The van der Waals surface area contributed by atoms with Gasteiger partial charge in [0.15, 0.2) is 17.6 Å². The summed E-state index contributed by atoms with van der Waals surface area (Å²) in [5, 5.41) is 80.6. The van der Waals surface area contributed by atoms with E-state index in [9.17, 15) is 40.5 Å². The maximum Gasteiger partial charge on any atom is 0.336 e. The van der Waals surface area contributed by atoms with Crippen molar-refractivity contribution in [3.05, 3.63) is 47.5 Å². The number of benzene rings is 2. The van der Waals surface area contributed by atoms with Crippen molar-refractivity contribution in [2.45, 2.75) is 80.6 Å². The number of nitrogens with one attached hydrogen (secondary N) is 1. The van der Waals surface area contributed by atoms with E-state index in [1.165, 1.54) is 18.5 Å². The topological polar surface area (TPSA) is 242 Å². The molecular formula is C34H41N3O13. The van der Waals surface area contributed by atoms with Crippen LogP contribution in [-0.4, -0.2) is 116 Å². The number of carbonyl (C=O) groups is 1. The van der Waals surface area contributed by atoms with E-state index in [0.29, 0.717) is 37.3 Å². The third-order valence-electron chi connectivity index (χ3n) is 9.15. The van der Waals surface area contributed by atoms with Crippen LogP contribution in [0.25, 0.3) is 5.76 Å². The van der Waals surface area contributed by atoms with Crippen molar-refractivity contribution in [3.8, 4) is 28.7 Å². The second-order valence-electron chi connectivity index (χ2n) is 12.7. The smallest absolute Gasteiger partial charge is 0.336 e. The summed E-state index contributed by atoms with van der Waals surface area (Å²) in [4.78, 5) is 20.2. The van der Waals surface area contributed by atoms with Gasteiger partial charge in [-0.25, -0.2) is 9.79 Å². The molecule has 0 aromatic heterocycles. The van der Waals surface area contributed by atoms with Crippen molar-refractivity contribution in [3.63, 3.8) is 0 Å². The van der Waals surface area contributed by atoms with Crippen LogP contribution in [0.4, 0.5) is 0 Å². The summed E-state index contributed by atoms with van der Waals surface area (Å²) in [5.41, 5.74) is -1.80. The number of aromatic hydroxyl groups is 1. The molecule has 4 aliphatic rings. The fourth-order valence-corrected chi connectivity index (χ4v) is 6.48. The number of likely N-dealkylation sites (N-methyl/N-ethyl adjacent to an activating group) is 1. The van der Waals surface area contributed by atoms with E-state index in [-0.39, 0.29) is 47.9 Å². The Morgan fingerprint density at radius 3 is 2.50 bits per heavy atom. The average Bonchev–Trinajstić information content (AvgIpc) is 3.60. The van der Waals surface area contributed by atoms with E-state index in [1.54, 1.807) is 24.3 Å². The molecule has 270 valence electrons. The molecule has 1 saturated heterocycles. The molecule has 0 bridgehead atoms. The summed E-state index contributed by atoms with van der Waals surface area (Å²) in [5.74, 6) is -4.73. The Bertz CT molecular complexity index is 1660. The second-order valence-corrected chi connectivity index (χ2v) is 12.7. The average molecular weight is 700 g/mol. The summed E-state index contributed by atoms with van der Waals surface area (Å²) in [6.45, 7) is 1.17. The molecule has 8 N–H and O–H groups in total. The van der Waals surface area contributed by atoms with Gasteiger partial charge in [-0.05, 0) is 37.6 Å². The molecule has 2 fully saturated rings. The molecule has 6 rings (SSSR count). The van der Waals surface area contributed by atoms with Gasteiger partial charge < -0.3 is 64.7 Å². The normalized spacial score (nSPS) is 28.5. The molecular weight excluding hydrogens is 658 g/mol. The molecule has 2 aromatic carbocycles. The number of ether oxygens (including phenoxy) is 5. The molecule has 1 unspecified atom stereocenters. The van der Waals surface area contributed by atoms with E-state index < -0.39 is 66.0 Å². The number of aliphatic imine (C=N–C) groups is 2. The SMILES string of the molecule is CNCCOc1ccc(C2C=C(O)c3c(cc(O[C@@H]4O[C@H](C(=O)O)[C@](O)(CC5=NC=NC5)[C@@H](O)[C@H]4O)c(OC4(O)CCCCC4)c3O)O2)cc1. The molecule has 6 atom stereocenters. The fraction of sp³-hybridized carbons (Fsp3) is 0.500. The quantitative estimate of drug-likeness (QED) is 0.116. The number of hydrogen-bond donors (Lipinski definition) is 8. The van der Waals surface area contributed by atoms with Gasteiger partial charge in [-0.1, -0.05) is 18.6 Å². The summed E-state index contributed by atoms with van der Waals surface area (Å²) >= 11 is 0. The zero-order chi connectivity index (χ0) is 35.6. The molecule has 0 amide bonds. The van der Waals surface area contributed by atoms with Gasteiger partial charge in [-0.2, -0.15) is 0 Å². The number of fused-ring (bicyclic) bond motifs is 1. The number of phenolic OH excluding ortho intramolecular Hbond substituents is 1. The van der Waals surface area contributed by atoms with E-state index in [1.807, 2.05) is 7.05 Å². The van der Waals surface area contributed by atoms with Gasteiger partial charge in [0.2, 0.25) is 17.8 Å². The molecule has 2 aromatic rings. The van der Waals surface area contributed by atoms with Crippen molar-refractivity contribution in [2.75, 3.05) is 26.7 Å². The minimum Gasteiger partial charge on any atom is -0.507 e. The molecule has 50 heavy (non-hydrogen) atoms. The van der Waals surface area contributed by atoms with Crippen LogP contribution in [0.1, 0.15) is 55.8 Å². The van der Waals surface area contributed by atoms with Crippen molar-refractivity contribution < 1.29 is 64.2 Å². The first kappa shape index (κ1) is 35.4. The third kappa shape index (κ3) is 7.08. The monoisotopic (exact) mass is 699 g/mol. The number of phenols is 1. The number of carboxylic acids is 1. The van der Waals surface area contributed by atoms with E-state index in [0.717, 1.165) is 6.42 Å². The Labute approximate surface area is 286 Å². The van der Waals surface area contributed by atoms with Gasteiger partial charge in [-0.3, -0.25) is 4.99 Å². The standard InChI is InChI=1S/C34H41N3O13/c1-35-11-12-46-20-7-5-18(6-8-20)22-13-21(38)25-23(47-22)14-24(28(26(25)39)50-33(44)9-3-2-4-10-33)48-32-27(40)29(41)34(45,30(49-32)31(42)43)15-19-16-36-17-37-19/h5-8,13-14,17,22,27,29-30,32,35,38-41,44-45H,2-4,9-12,15-16H2,1H3,(H,42,43)/t22?,27-,29+,30-,32-,34+/m1/s1. The van der Waals surface area contributed by atoms with Gasteiger partial charge in [0, 0.05) is 43.7 Å². The van der Waals surface area contributed by atoms with Crippen LogP contribution in [0.15, 0.2) is 46.4 Å². The minimum absolute atomic E-state index is 0.0618. The number of aliphatic hydroxyl groups is 5. The second kappa shape index (κ2) is 14.4. The van der Waals surface area contributed by atoms with Crippen molar-refractivity contribution in [1.29, 1.82) is 0 Å². The van der Waals surface area contributed by atoms with Crippen molar-refractivity contribution in [1.82, 2.24) is 5.32 Å². The van der Waals surface area contributed by atoms with Gasteiger partial charge in [0.25, 0.3) is 0 Å². The van der Waals surface area contributed by atoms with E-state index >= 15 is 0 Å². The number of aliphatic carboxylic acids is 1. The van der Waals surface area contributed by atoms with E-state index in [2.05, 4.69) is 15.3 Å². The van der Waals surface area contributed by atoms with Crippen LogP contribution in [0.2, 0.25) is 0 Å². The summed E-state index contributed by atoms with van der Waals surface area (Å²) in [6, 6.07) is 8.19. The summed E-state index contributed by atoms with van der Waals surface area (Å²) in [7, 11) is 1.81. The zero-order valence-electron chi connectivity index (χ0n) is 27.3. The molecule has 3 heterocycles. The number of nitrogens with zero attached hydrogens (tertiary/aromatic N) is 2. The maximum atomic E-state index is 12.3. The van der Waals surface area contributed by atoms with Crippen molar-refractivity contribution >= 4 is 23.8 Å². The Morgan fingerprint density at radius 2 is 1.84 bits per heavy atom. The Balaban J connectivity index is 1.33. The summed E-state index contributed by atoms with van der Waals surface area (Å²) < 4.78 is 29.3. The lowest BCUT2D eigenvalue weighted by Gasteiger charge is -2.46. The Morgan fingerprint density at radius 1 is 1.10 bits per heavy atom. The molecule has 1 saturated carbocycles. The van der Waals surface area contributed by atoms with Gasteiger partial charge in [-0.15, -0.1) is 0 Å². The first-order chi connectivity index (χ1) is 23.9. The predicted octanol–water partition coefficient (Wildman–Crippen LogP) is 1.57. The van der Waals surface area contributed by atoms with Gasteiger partial charge >= 0.3 is 5.97 Å². The predicted molar refractivity (Wildman–Crippen MR) is 176 cm³/mol. The highest BCUT2D eigenvalue weighted by Gasteiger charge is 2.59. The molecule has 0 spiro atoms. The lowest BCUT2D eigenvalue weighted by Crippen LogP contribution is -2.69. The lowest BCUT2D eigenvalue weighted by molar-refractivity contribution is -0.303. The molecule has 1 aliphatic carbocycles. The van der Waals surface area contributed by atoms with Crippen LogP contribution in [0.5, 0.6) is 28.7 Å². The zero-order valence-corrected chi connectivity index (χ0v) is 27.3. The lowest BCUT2D eigenvalue weighted by atomic mass is 9.80. The molecule has 16 heteroatoms. The molecule has 16 nitrogen and oxygen atoms in total. The van der Waals surface area contributed by atoms with Crippen LogP contribution < -0.4 is 24.3 Å². The first-order valence-corrected chi connectivity index (χ1v) is 16.4. The minimum atomic E-state index is -2.52. The fourth-order valence-electron chi connectivity index (χ4n) is 6.48. The highest BCUT2D eigenvalue weighted by molar-refractivity contribution is 5.97. The number of rotatable bonds is 12. The first-order valence-electron chi connectivity index (χ1n) is 16.4. The van der Waals surface area contributed by atoms with Gasteiger partial charge in [0.1, 0.15) is 59.7 Å². The Kier molecular flexibility index (Phi) is 10.2. The maximum absolute atomic E-state index is 12.3. The number of hydrogen-bond acceptors (Lipinski definition) is 15. The Hall–Kier alpha value is -4.45. The summed E-state index contributed by atoms with van der Waals surface area (Å²) in [6.07, 6.45) is -4.38. The van der Waals surface area contributed by atoms with Crippen LogP contribution in [0, 0.1) is 0 Å². The van der Waals surface area contributed by atoms with Crippen LogP contribution in [-0.2, 0) is 9.53 Å². The van der Waals surface area contributed by atoms with Crippen LogP contribution in [0.3, 0.4) is 0 Å².